The number of amidine groups is 1. The second-order valence-electron chi connectivity index (χ2n) is 5.99. The summed E-state index contributed by atoms with van der Waals surface area (Å²) in [6.45, 7) is 1.65. The molecule has 0 bridgehead atoms. The summed E-state index contributed by atoms with van der Waals surface area (Å²) in [5.41, 5.74) is 7.64. The number of guanidine groups is 1. The van der Waals surface area contributed by atoms with Gasteiger partial charge in [-0.25, -0.2) is 4.99 Å². The molecule has 4 rings (SSSR count). The van der Waals surface area contributed by atoms with Gasteiger partial charge in [-0.15, -0.1) is 0 Å². The van der Waals surface area contributed by atoms with Crippen LogP contribution in [0.3, 0.4) is 0 Å². The van der Waals surface area contributed by atoms with E-state index in [0.717, 1.165) is 42.2 Å². The average Bonchev–Trinajstić information content (AvgIpc) is 2.97. The molecule has 0 fully saturated rings. The van der Waals surface area contributed by atoms with Crippen LogP contribution in [0.15, 0.2) is 64.6 Å². The van der Waals surface area contributed by atoms with Gasteiger partial charge >= 0.3 is 0 Å². The van der Waals surface area contributed by atoms with E-state index in [2.05, 4.69) is 18.2 Å². The van der Waals surface area contributed by atoms with E-state index in [9.17, 15) is 0 Å². The number of fused-ring (bicyclic) bond motifs is 1. The lowest BCUT2D eigenvalue weighted by Crippen LogP contribution is -2.46. The summed E-state index contributed by atoms with van der Waals surface area (Å²) in [5.74, 6) is 2.23. The number of nitrogens with zero attached hydrogens (tertiary/aromatic N) is 3. The minimum Gasteiger partial charge on any atom is -0.497 e. The van der Waals surface area contributed by atoms with Gasteiger partial charge in [-0.1, -0.05) is 42.5 Å². The smallest absolute Gasteiger partial charge is 0.198 e. The van der Waals surface area contributed by atoms with Gasteiger partial charge in [0.1, 0.15) is 11.6 Å². The molecular formula is C19H20N4O. The zero-order chi connectivity index (χ0) is 16.6. The number of ether oxygens (including phenoxy) is 1. The number of aliphatic imine (C=N–C) groups is 2. The molecule has 0 saturated heterocycles. The fourth-order valence-electron chi connectivity index (χ4n) is 3.50. The normalized spacial score (nSPS) is 22.6. The van der Waals surface area contributed by atoms with Gasteiger partial charge in [-0.05, 0) is 29.7 Å². The summed E-state index contributed by atoms with van der Waals surface area (Å²) < 4.78 is 5.42. The Morgan fingerprint density at radius 3 is 2.67 bits per heavy atom. The van der Waals surface area contributed by atoms with Gasteiger partial charge in [0.25, 0.3) is 0 Å². The molecule has 0 radical (unpaired) electrons. The highest BCUT2D eigenvalue weighted by Gasteiger charge is 2.49. The summed E-state index contributed by atoms with van der Waals surface area (Å²) >= 11 is 0. The SMILES string of the molecule is COc1cccc(C2(c3ccccc3)N=C(N)N3CCCN=C32)c1. The summed E-state index contributed by atoms with van der Waals surface area (Å²) in [6.07, 6.45) is 0.989. The predicted molar refractivity (Wildman–Crippen MR) is 95.5 cm³/mol. The fourth-order valence-corrected chi connectivity index (χ4v) is 3.50. The van der Waals surface area contributed by atoms with Gasteiger partial charge < -0.3 is 10.5 Å². The standard InChI is InChI=1S/C19H20N4O/c1-24-16-10-5-9-15(13-16)19(14-7-3-2-4-8-14)17-21-11-6-12-23(17)18(20)22-19/h2-5,7-10,13H,6,11-12H2,1H3,(H2,20,22). The van der Waals surface area contributed by atoms with Crippen molar-refractivity contribution >= 4 is 11.8 Å². The van der Waals surface area contributed by atoms with E-state index in [1.165, 1.54) is 0 Å². The van der Waals surface area contributed by atoms with Crippen molar-refractivity contribution in [2.45, 2.75) is 12.0 Å². The molecule has 0 spiro atoms. The van der Waals surface area contributed by atoms with Crippen LogP contribution in [0.4, 0.5) is 0 Å². The number of nitrogens with two attached hydrogens (primary N) is 1. The monoisotopic (exact) mass is 320 g/mol. The van der Waals surface area contributed by atoms with Crippen LogP contribution in [0.25, 0.3) is 0 Å². The van der Waals surface area contributed by atoms with Crippen molar-refractivity contribution in [2.75, 3.05) is 20.2 Å². The molecule has 1 atom stereocenters. The van der Waals surface area contributed by atoms with Crippen LogP contribution < -0.4 is 10.5 Å². The molecule has 2 aromatic rings. The lowest BCUT2D eigenvalue weighted by atomic mass is 9.82. The van der Waals surface area contributed by atoms with Crippen LogP contribution in [0.5, 0.6) is 5.75 Å². The maximum atomic E-state index is 6.27. The third kappa shape index (κ3) is 2.08. The molecule has 2 N–H and O–H groups in total. The third-order valence-electron chi connectivity index (χ3n) is 4.62. The van der Waals surface area contributed by atoms with Crippen molar-refractivity contribution in [2.24, 2.45) is 15.7 Å². The molecule has 0 aliphatic carbocycles. The number of hydrogen-bond acceptors (Lipinski definition) is 5. The van der Waals surface area contributed by atoms with Crippen LogP contribution in [0, 0.1) is 0 Å². The lowest BCUT2D eigenvalue weighted by molar-refractivity contribution is 0.413. The average molecular weight is 320 g/mol. The van der Waals surface area contributed by atoms with Crippen molar-refractivity contribution in [1.82, 2.24) is 4.90 Å². The van der Waals surface area contributed by atoms with E-state index in [1.54, 1.807) is 7.11 Å². The summed E-state index contributed by atoms with van der Waals surface area (Å²) in [5, 5.41) is 0. The maximum absolute atomic E-state index is 6.27. The van der Waals surface area contributed by atoms with Gasteiger partial charge in [-0.2, -0.15) is 0 Å². The second kappa shape index (κ2) is 5.67. The first-order chi connectivity index (χ1) is 11.8. The topological polar surface area (TPSA) is 63.2 Å². The van der Waals surface area contributed by atoms with Crippen LogP contribution in [-0.2, 0) is 5.54 Å². The van der Waals surface area contributed by atoms with E-state index >= 15 is 0 Å². The molecule has 0 aromatic heterocycles. The van der Waals surface area contributed by atoms with Gasteiger partial charge in [0.15, 0.2) is 11.5 Å². The predicted octanol–water partition coefficient (Wildman–Crippen LogP) is 2.37. The van der Waals surface area contributed by atoms with Crippen LogP contribution in [-0.4, -0.2) is 36.9 Å². The highest BCUT2D eigenvalue weighted by Crippen LogP contribution is 2.42. The number of rotatable bonds is 3. The summed E-state index contributed by atoms with van der Waals surface area (Å²) in [7, 11) is 1.67. The first-order valence-electron chi connectivity index (χ1n) is 8.13. The van der Waals surface area contributed by atoms with E-state index in [1.807, 2.05) is 41.3 Å². The molecule has 0 amide bonds. The highest BCUT2D eigenvalue weighted by molar-refractivity contribution is 6.12. The Balaban J connectivity index is 1.99. The molecule has 2 heterocycles. The van der Waals surface area contributed by atoms with Crippen molar-refractivity contribution in [3.63, 3.8) is 0 Å². The van der Waals surface area contributed by atoms with Crippen molar-refractivity contribution < 1.29 is 4.74 Å². The maximum Gasteiger partial charge on any atom is 0.198 e. The Kier molecular flexibility index (Phi) is 3.49. The zero-order valence-corrected chi connectivity index (χ0v) is 13.6. The quantitative estimate of drug-likeness (QED) is 0.944. The Hall–Kier alpha value is -2.82. The van der Waals surface area contributed by atoms with Crippen molar-refractivity contribution in [3.8, 4) is 5.75 Å². The summed E-state index contributed by atoms with van der Waals surface area (Å²) in [6, 6.07) is 18.2. The van der Waals surface area contributed by atoms with E-state index in [-0.39, 0.29) is 0 Å². The van der Waals surface area contributed by atoms with E-state index in [0.29, 0.717) is 5.96 Å². The Bertz CT molecular complexity index is 815. The molecule has 2 aliphatic rings. The van der Waals surface area contributed by atoms with Gasteiger partial charge in [0.2, 0.25) is 0 Å². The number of methoxy groups -OCH3 is 1. The van der Waals surface area contributed by atoms with Crippen LogP contribution in [0.2, 0.25) is 0 Å². The third-order valence-corrected chi connectivity index (χ3v) is 4.62. The molecular weight excluding hydrogens is 300 g/mol. The van der Waals surface area contributed by atoms with Crippen LogP contribution >= 0.6 is 0 Å². The zero-order valence-electron chi connectivity index (χ0n) is 13.6. The minimum atomic E-state index is -0.708. The molecule has 24 heavy (non-hydrogen) atoms. The molecule has 1 unspecified atom stereocenters. The molecule has 0 saturated carbocycles. The molecule has 2 aliphatic heterocycles. The second-order valence-corrected chi connectivity index (χ2v) is 5.99. The Labute approximate surface area is 141 Å². The first kappa shape index (κ1) is 14.8. The fraction of sp³-hybridized carbons (Fsp3) is 0.263. The first-order valence-corrected chi connectivity index (χ1v) is 8.13. The largest absolute Gasteiger partial charge is 0.497 e. The minimum absolute atomic E-state index is 0.528. The lowest BCUT2D eigenvalue weighted by Gasteiger charge is -2.33. The van der Waals surface area contributed by atoms with Gasteiger partial charge in [0, 0.05) is 13.1 Å². The highest BCUT2D eigenvalue weighted by atomic mass is 16.5. The van der Waals surface area contributed by atoms with Crippen molar-refractivity contribution in [3.05, 3.63) is 65.7 Å². The number of benzene rings is 2. The van der Waals surface area contributed by atoms with E-state index < -0.39 is 5.54 Å². The van der Waals surface area contributed by atoms with Crippen LogP contribution in [0.1, 0.15) is 17.5 Å². The van der Waals surface area contributed by atoms with E-state index in [4.69, 9.17) is 20.5 Å². The Morgan fingerprint density at radius 2 is 1.88 bits per heavy atom. The molecule has 122 valence electrons. The molecule has 5 nitrogen and oxygen atoms in total. The molecule has 2 aromatic carbocycles. The Morgan fingerprint density at radius 1 is 1.08 bits per heavy atom. The van der Waals surface area contributed by atoms with Gasteiger partial charge in [-0.3, -0.25) is 9.89 Å². The van der Waals surface area contributed by atoms with Gasteiger partial charge in [0.05, 0.1) is 7.11 Å². The molecule has 5 heteroatoms. The summed E-state index contributed by atoms with van der Waals surface area (Å²) in [4.78, 5) is 11.8. The number of hydrogen-bond donors (Lipinski definition) is 1. The van der Waals surface area contributed by atoms with Crippen molar-refractivity contribution in [1.29, 1.82) is 0 Å².